The Balaban J connectivity index is 2.33. The van der Waals surface area contributed by atoms with Crippen molar-refractivity contribution in [2.75, 3.05) is 0 Å². The fraction of sp³-hybridized carbons (Fsp3) is 0.364. The van der Waals surface area contributed by atoms with E-state index >= 15 is 0 Å². The molecule has 0 radical (unpaired) electrons. The van der Waals surface area contributed by atoms with E-state index in [1.807, 2.05) is 57.2 Å². The van der Waals surface area contributed by atoms with Gasteiger partial charge in [-0.1, -0.05) is 66.5 Å². The number of hydrogen-bond donors (Lipinski definition) is 1. The van der Waals surface area contributed by atoms with Gasteiger partial charge in [0.25, 0.3) is 0 Å². The smallest absolute Gasteiger partial charge is 0.243 e. The second-order valence-corrected chi connectivity index (χ2v) is 7.78. The lowest BCUT2D eigenvalue weighted by Crippen LogP contribution is -2.50. The van der Waals surface area contributed by atoms with E-state index in [4.69, 9.17) is 23.2 Å². The SMILES string of the molecule is CC[C@H](C(=O)NC(C)C)N(Cc1ccccc1Cl)C(=O)Cc1ccccc1Cl. The van der Waals surface area contributed by atoms with E-state index in [1.165, 1.54) is 0 Å². The van der Waals surface area contributed by atoms with E-state index < -0.39 is 6.04 Å². The summed E-state index contributed by atoms with van der Waals surface area (Å²) in [6.45, 7) is 5.95. The van der Waals surface area contributed by atoms with E-state index in [9.17, 15) is 9.59 Å². The van der Waals surface area contributed by atoms with Gasteiger partial charge in [-0.2, -0.15) is 0 Å². The molecule has 0 aliphatic carbocycles. The maximum atomic E-state index is 13.2. The highest BCUT2D eigenvalue weighted by Gasteiger charge is 2.29. The molecule has 0 fully saturated rings. The largest absolute Gasteiger partial charge is 0.352 e. The summed E-state index contributed by atoms with van der Waals surface area (Å²) < 4.78 is 0. The van der Waals surface area contributed by atoms with Crippen molar-refractivity contribution in [1.82, 2.24) is 10.2 Å². The molecule has 0 aromatic heterocycles. The lowest BCUT2D eigenvalue weighted by atomic mass is 10.1. The molecule has 1 N–H and O–H groups in total. The van der Waals surface area contributed by atoms with Gasteiger partial charge in [-0.05, 0) is 43.5 Å². The van der Waals surface area contributed by atoms with E-state index in [2.05, 4.69) is 5.32 Å². The minimum absolute atomic E-state index is 0.0117. The van der Waals surface area contributed by atoms with Crippen LogP contribution in [-0.4, -0.2) is 28.8 Å². The lowest BCUT2D eigenvalue weighted by Gasteiger charge is -2.31. The van der Waals surface area contributed by atoms with Crippen LogP contribution in [0.2, 0.25) is 10.0 Å². The van der Waals surface area contributed by atoms with E-state index in [0.717, 1.165) is 11.1 Å². The normalized spacial score (nSPS) is 11.9. The quantitative estimate of drug-likeness (QED) is 0.661. The zero-order valence-corrected chi connectivity index (χ0v) is 17.9. The number of hydrogen-bond acceptors (Lipinski definition) is 2. The van der Waals surface area contributed by atoms with Gasteiger partial charge in [-0.3, -0.25) is 9.59 Å². The molecule has 28 heavy (non-hydrogen) atoms. The van der Waals surface area contributed by atoms with Gasteiger partial charge in [-0.25, -0.2) is 0 Å². The van der Waals surface area contributed by atoms with E-state index in [-0.39, 0.29) is 30.8 Å². The first kappa shape index (κ1) is 22.3. The summed E-state index contributed by atoms with van der Waals surface area (Å²) in [5, 5.41) is 4.02. The number of nitrogens with one attached hydrogen (secondary N) is 1. The summed E-state index contributed by atoms with van der Waals surface area (Å²) in [6.07, 6.45) is 0.618. The van der Waals surface area contributed by atoms with Crippen molar-refractivity contribution in [3.05, 3.63) is 69.7 Å². The molecule has 6 heteroatoms. The Morgan fingerprint density at radius 1 is 0.964 bits per heavy atom. The molecule has 150 valence electrons. The highest BCUT2D eigenvalue weighted by Crippen LogP contribution is 2.22. The average molecular weight is 421 g/mol. The van der Waals surface area contributed by atoms with Gasteiger partial charge in [0, 0.05) is 22.6 Å². The van der Waals surface area contributed by atoms with Gasteiger partial charge in [-0.15, -0.1) is 0 Å². The average Bonchev–Trinajstić information content (AvgIpc) is 2.64. The third-order valence-corrected chi connectivity index (χ3v) is 5.15. The van der Waals surface area contributed by atoms with Crippen LogP contribution < -0.4 is 5.32 Å². The van der Waals surface area contributed by atoms with Gasteiger partial charge in [0.05, 0.1) is 6.42 Å². The van der Waals surface area contributed by atoms with Gasteiger partial charge in [0.15, 0.2) is 0 Å². The molecule has 0 heterocycles. The molecule has 0 saturated carbocycles. The molecule has 0 unspecified atom stereocenters. The van der Waals surface area contributed by atoms with Crippen molar-refractivity contribution in [2.45, 2.75) is 52.2 Å². The number of rotatable bonds is 8. The van der Waals surface area contributed by atoms with Crippen LogP contribution in [0.15, 0.2) is 48.5 Å². The zero-order valence-electron chi connectivity index (χ0n) is 16.4. The Hall–Kier alpha value is -2.04. The van der Waals surface area contributed by atoms with Gasteiger partial charge < -0.3 is 10.2 Å². The van der Waals surface area contributed by atoms with E-state index in [1.54, 1.807) is 17.0 Å². The van der Waals surface area contributed by atoms with Crippen LogP contribution in [0.5, 0.6) is 0 Å². The van der Waals surface area contributed by atoms with Crippen LogP contribution >= 0.6 is 23.2 Å². The molecule has 0 aliphatic rings. The van der Waals surface area contributed by atoms with Crippen molar-refractivity contribution in [2.24, 2.45) is 0 Å². The first-order chi connectivity index (χ1) is 13.3. The first-order valence-corrected chi connectivity index (χ1v) is 10.2. The van der Waals surface area contributed by atoms with Gasteiger partial charge >= 0.3 is 0 Å². The Bertz CT molecular complexity index is 824. The molecule has 2 aromatic rings. The summed E-state index contributed by atoms with van der Waals surface area (Å²) in [5.41, 5.74) is 1.53. The van der Waals surface area contributed by atoms with Crippen LogP contribution in [0.25, 0.3) is 0 Å². The third-order valence-electron chi connectivity index (χ3n) is 4.41. The van der Waals surface area contributed by atoms with Crippen molar-refractivity contribution in [1.29, 1.82) is 0 Å². The number of halogens is 2. The van der Waals surface area contributed by atoms with E-state index in [0.29, 0.717) is 16.5 Å². The second-order valence-electron chi connectivity index (χ2n) is 6.97. The lowest BCUT2D eigenvalue weighted by molar-refractivity contribution is -0.141. The zero-order chi connectivity index (χ0) is 20.7. The molecule has 0 saturated heterocycles. The second kappa shape index (κ2) is 10.5. The van der Waals surface area contributed by atoms with Crippen LogP contribution in [-0.2, 0) is 22.6 Å². The molecular weight excluding hydrogens is 395 g/mol. The van der Waals surface area contributed by atoms with Crippen LogP contribution in [0.4, 0.5) is 0 Å². The highest BCUT2D eigenvalue weighted by atomic mass is 35.5. The summed E-state index contributed by atoms with van der Waals surface area (Å²) in [7, 11) is 0. The monoisotopic (exact) mass is 420 g/mol. The maximum Gasteiger partial charge on any atom is 0.243 e. The predicted octanol–water partition coefficient (Wildman–Crippen LogP) is 4.87. The fourth-order valence-corrected chi connectivity index (χ4v) is 3.41. The predicted molar refractivity (Wildman–Crippen MR) is 115 cm³/mol. The standard InChI is InChI=1S/C22H26Cl2N2O2/c1-4-20(22(28)25-15(2)3)26(14-17-10-6-8-12-19(17)24)21(27)13-16-9-5-7-11-18(16)23/h5-12,15,20H,4,13-14H2,1-3H3,(H,25,28)/t20-/m1/s1. The molecule has 4 nitrogen and oxygen atoms in total. The Labute approximate surface area is 176 Å². The van der Waals surface area contributed by atoms with Crippen molar-refractivity contribution < 1.29 is 9.59 Å². The Morgan fingerprint density at radius 3 is 2.00 bits per heavy atom. The summed E-state index contributed by atoms with van der Waals surface area (Å²) >= 11 is 12.5. The molecule has 2 amide bonds. The number of carbonyl (C=O) groups excluding carboxylic acids is 2. The molecule has 0 aliphatic heterocycles. The molecule has 1 atom stereocenters. The molecule has 2 aromatic carbocycles. The highest BCUT2D eigenvalue weighted by molar-refractivity contribution is 6.31. The fourth-order valence-electron chi connectivity index (χ4n) is 3.02. The summed E-state index contributed by atoms with van der Waals surface area (Å²) in [4.78, 5) is 27.6. The number of carbonyl (C=O) groups is 2. The van der Waals surface area contributed by atoms with Gasteiger partial charge in [0.2, 0.25) is 11.8 Å². The Kier molecular flexibility index (Phi) is 8.34. The molecular formula is C22H26Cl2N2O2. The van der Waals surface area contributed by atoms with Crippen LogP contribution in [0.1, 0.15) is 38.3 Å². The molecule has 0 spiro atoms. The topological polar surface area (TPSA) is 49.4 Å². The number of amides is 2. The minimum Gasteiger partial charge on any atom is -0.352 e. The maximum absolute atomic E-state index is 13.2. The molecule has 2 rings (SSSR count). The summed E-state index contributed by atoms with van der Waals surface area (Å²) in [5.74, 6) is -0.337. The van der Waals surface area contributed by atoms with Crippen LogP contribution in [0, 0.1) is 0 Å². The summed E-state index contributed by atoms with van der Waals surface area (Å²) in [6, 6.07) is 14.0. The van der Waals surface area contributed by atoms with Gasteiger partial charge in [0.1, 0.15) is 6.04 Å². The number of benzene rings is 2. The van der Waals surface area contributed by atoms with Crippen LogP contribution in [0.3, 0.4) is 0 Å². The third kappa shape index (κ3) is 5.98. The first-order valence-electron chi connectivity index (χ1n) is 9.40. The van der Waals surface area contributed by atoms with Crippen molar-refractivity contribution in [3.63, 3.8) is 0 Å². The molecule has 0 bridgehead atoms. The number of nitrogens with zero attached hydrogens (tertiary/aromatic N) is 1. The van der Waals surface area contributed by atoms with Crippen molar-refractivity contribution >= 4 is 35.0 Å². The van der Waals surface area contributed by atoms with Crippen molar-refractivity contribution in [3.8, 4) is 0 Å². The minimum atomic E-state index is -0.589. The Morgan fingerprint density at radius 2 is 1.50 bits per heavy atom.